The highest BCUT2D eigenvalue weighted by molar-refractivity contribution is 14.1. The fraction of sp³-hybridized carbons (Fsp3) is 0.125. The van der Waals surface area contributed by atoms with E-state index in [-0.39, 0.29) is 18.3 Å². The minimum atomic E-state index is -0.275. The van der Waals surface area contributed by atoms with Gasteiger partial charge in [0.1, 0.15) is 5.82 Å². The van der Waals surface area contributed by atoms with Crippen LogP contribution in [-0.2, 0) is 4.79 Å². The summed E-state index contributed by atoms with van der Waals surface area (Å²) in [7, 11) is 0. The molecule has 0 aliphatic carbocycles. The molecular formula is C8H6FIN2O. The largest absolute Gasteiger partial charge is 0.374 e. The molecule has 1 aromatic rings. The second-order valence-corrected chi connectivity index (χ2v) is 3.88. The second kappa shape index (κ2) is 3.13. The molecule has 1 aromatic carbocycles. The van der Waals surface area contributed by atoms with E-state index in [2.05, 4.69) is 10.6 Å². The summed E-state index contributed by atoms with van der Waals surface area (Å²) in [5, 5.41) is 5.48. The normalized spacial score (nSPS) is 14.5. The van der Waals surface area contributed by atoms with Crippen LogP contribution in [0.2, 0.25) is 0 Å². The van der Waals surface area contributed by atoms with E-state index >= 15 is 0 Å². The number of nitrogens with one attached hydrogen (secondary N) is 2. The molecule has 68 valence electrons. The number of anilines is 2. The molecule has 1 aliphatic heterocycles. The van der Waals surface area contributed by atoms with Gasteiger partial charge < -0.3 is 10.6 Å². The average molecular weight is 292 g/mol. The van der Waals surface area contributed by atoms with E-state index in [0.29, 0.717) is 14.9 Å². The predicted octanol–water partition coefficient (Wildman–Crippen LogP) is 1.79. The molecule has 0 fully saturated rings. The van der Waals surface area contributed by atoms with E-state index in [1.807, 2.05) is 22.6 Å². The molecule has 0 saturated heterocycles. The van der Waals surface area contributed by atoms with E-state index < -0.39 is 0 Å². The quantitative estimate of drug-likeness (QED) is 0.716. The topological polar surface area (TPSA) is 41.1 Å². The van der Waals surface area contributed by atoms with Crippen molar-refractivity contribution in [3.05, 3.63) is 21.5 Å². The van der Waals surface area contributed by atoms with Crippen molar-refractivity contribution in [1.29, 1.82) is 0 Å². The van der Waals surface area contributed by atoms with Crippen LogP contribution in [0.15, 0.2) is 12.1 Å². The summed E-state index contributed by atoms with van der Waals surface area (Å²) < 4.78 is 13.5. The van der Waals surface area contributed by atoms with Crippen molar-refractivity contribution in [3.63, 3.8) is 0 Å². The number of hydrogen-bond acceptors (Lipinski definition) is 2. The monoisotopic (exact) mass is 292 g/mol. The fourth-order valence-electron chi connectivity index (χ4n) is 1.17. The molecule has 1 amide bonds. The van der Waals surface area contributed by atoms with E-state index in [9.17, 15) is 9.18 Å². The summed E-state index contributed by atoms with van der Waals surface area (Å²) >= 11 is 1.88. The number of carbonyl (C=O) groups is 1. The lowest BCUT2D eigenvalue weighted by atomic mass is 10.2. The Bertz CT molecular complexity index is 381. The van der Waals surface area contributed by atoms with Gasteiger partial charge in [0.05, 0.1) is 21.5 Å². The van der Waals surface area contributed by atoms with Crippen LogP contribution in [0.4, 0.5) is 15.8 Å². The number of halogens is 2. The molecule has 13 heavy (non-hydrogen) atoms. The minimum Gasteiger partial charge on any atom is -0.374 e. The van der Waals surface area contributed by atoms with Gasteiger partial charge in [-0.15, -0.1) is 0 Å². The van der Waals surface area contributed by atoms with Gasteiger partial charge >= 0.3 is 0 Å². The van der Waals surface area contributed by atoms with Gasteiger partial charge in [-0.25, -0.2) is 4.39 Å². The van der Waals surface area contributed by atoms with E-state index in [1.165, 1.54) is 6.07 Å². The molecule has 0 radical (unpaired) electrons. The molecular weight excluding hydrogens is 286 g/mol. The Morgan fingerprint density at radius 3 is 2.92 bits per heavy atom. The van der Waals surface area contributed by atoms with Crippen LogP contribution >= 0.6 is 22.6 Å². The number of fused-ring (bicyclic) bond motifs is 1. The average Bonchev–Trinajstić information content (AvgIpc) is 2.08. The third-order valence-corrected chi connectivity index (χ3v) is 2.60. The Hall–Kier alpha value is -0.850. The summed E-state index contributed by atoms with van der Waals surface area (Å²) in [6.45, 7) is 0.201. The highest BCUT2D eigenvalue weighted by Crippen LogP contribution is 2.28. The molecule has 0 saturated carbocycles. The zero-order valence-electron chi connectivity index (χ0n) is 6.53. The van der Waals surface area contributed by atoms with Gasteiger partial charge in [-0.2, -0.15) is 0 Å². The maximum absolute atomic E-state index is 13.0. The number of carbonyl (C=O) groups excluding carboxylic acids is 1. The van der Waals surface area contributed by atoms with Crippen LogP contribution in [0.5, 0.6) is 0 Å². The Kier molecular flexibility index (Phi) is 2.10. The number of rotatable bonds is 0. The maximum atomic E-state index is 13.0. The van der Waals surface area contributed by atoms with Crippen molar-refractivity contribution in [2.24, 2.45) is 0 Å². The summed E-state index contributed by atoms with van der Waals surface area (Å²) in [5.74, 6) is -0.377. The zero-order valence-corrected chi connectivity index (χ0v) is 8.68. The van der Waals surface area contributed by atoms with E-state index in [4.69, 9.17) is 0 Å². The number of amides is 1. The van der Waals surface area contributed by atoms with Crippen molar-refractivity contribution in [2.45, 2.75) is 0 Å². The number of benzene rings is 1. The first kappa shape index (κ1) is 8.74. The molecule has 0 bridgehead atoms. The molecule has 3 nitrogen and oxygen atoms in total. The Morgan fingerprint density at radius 2 is 2.15 bits per heavy atom. The Labute approximate surface area is 87.8 Å². The van der Waals surface area contributed by atoms with Gasteiger partial charge in [0.25, 0.3) is 0 Å². The molecule has 2 rings (SSSR count). The van der Waals surface area contributed by atoms with Crippen LogP contribution in [0.1, 0.15) is 0 Å². The van der Waals surface area contributed by atoms with Crippen LogP contribution in [0.3, 0.4) is 0 Å². The van der Waals surface area contributed by atoms with Crippen molar-refractivity contribution in [1.82, 2.24) is 0 Å². The summed E-state index contributed by atoms with van der Waals surface area (Å²) in [4.78, 5) is 11.0. The van der Waals surface area contributed by atoms with Crippen molar-refractivity contribution < 1.29 is 9.18 Å². The van der Waals surface area contributed by atoms with Crippen molar-refractivity contribution in [3.8, 4) is 0 Å². The summed E-state index contributed by atoms with van der Waals surface area (Å²) in [6, 6.07) is 2.99. The molecule has 1 heterocycles. The summed E-state index contributed by atoms with van der Waals surface area (Å²) in [5.41, 5.74) is 1.28. The first-order valence-corrected chi connectivity index (χ1v) is 4.77. The third-order valence-electron chi connectivity index (χ3n) is 1.77. The molecule has 0 spiro atoms. The maximum Gasteiger partial charge on any atom is 0.243 e. The lowest BCUT2D eigenvalue weighted by Crippen LogP contribution is -2.27. The first-order valence-electron chi connectivity index (χ1n) is 3.69. The van der Waals surface area contributed by atoms with Crippen LogP contribution in [0, 0.1) is 9.39 Å². The zero-order chi connectivity index (χ0) is 9.42. The van der Waals surface area contributed by atoms with Gasteiger partial charge in [0.2, 0.25) is 5.91 Å². The van der Waals surface area contributed by atoms with Gasteiger partial charge in [-0.05, 0) is 28.7 Å². The molecule has 1 aliphatic rings. The van der Waals surface area contributed by atoms with E-state index in [0.717, 1.165) is 0 Å². The lowest BCUT2D eigenvalue weighted by Gasteiger charge is -2.18. The SMILES string of the molecule is O=C1CNc2cc(F)c(I)cc2N1. The van der Waals surface area contributed by atoms with Gasteiger partial charge in [-0.3, -0.25) is 4.79 Å². The molecule has 0 unspecified atom stereocenters. The van der Waals surface area contributed by atoms with Crippen molar-refractivity contribution in [2.75, 3.05) is 17.2 Å². The lowest BCUT2D eigenvalue weighted by molar-refractivity contribution is -0.114. The second-order valence-electron chi connectivity index (χ2n) is 2.71. The fourth-order valence-corrected chi connectivity index (χ4v) is 1.63. The van der Waals surface area contributed by atoms with E-state index in [1.54, 1.807) is 6.07 Å². The van der Waals surface area contributed by atoms with Gasteiger partial charge in [-0.1, -0.05) is 0 Å². The van der Waals surface area contributed by atoms with Crippen molar-refractivity contribution >= 4 is 39.9 Å². The standard InChI is InChI=1S/C8H6FIN2O/c9-4-1-6-7(2-5(4)10)12-8(13)3-11-6/h1-2,11H,3H2,(H,12,13). The van der Waals surface area contributed by atoms with Crippen LogP contribution in [0.25, 0.3) is 0 Å². The highest BCUT2D eigenvalue weighted by atomic mass is 127. The molecule has 0 aromatic heterocycles. The predicted molar refractivity (Wildman–Crippen MR) is 56.2 cm³/mol. The molecule has 5 heteroatoms. The molecule has 0 atom stereocenters. The Balaban J connectivity index is 2.49. The molecule has 2 N–H and O–H groups in total. The smallest absolute Gasteiger partial charge is 0.243 e. The Morgan fingerprint density at radius 1 is 1.38 bits per heavy atom. The number of hydrogen-bond donors (Lipinski definition) is 2. The van der Waals surface area contributed by atoms with Gasteiger partial charge in [0.15, 0.2) is 0 Å². The minimum absolute atomic E-state index is 0.102. The van der Waals surface area contributed by atoms with Crippen LogP contribution in [-0.4, -0.2) is 12.5 Å². The summed E-state index contributed by atoms with van der Waals surface area (Å²) in [6.07, 6.45) is 0. The van der Waals surface area contributed by atoms with Gasteiger partial charge in [0, 0.05) is 6.07 Å². The first-order chi connectivity index (χ1) is 6.16. The van der Waals surface area contributed by atoms with Crippen LogP contribution < -0.4 is 10.6 Å². The third kappa shape index (κ3) is 1.60. The highest BCUT2D eigenvalue weighted by Gasteiger charge is 2.15.